The number of hydrogen-bond donors (Lipinski definition) is 0. The Kier molecular flexibility index (Phi) is 5.01. The van der Waals surface area contributed by atoms with Gasteiger partial charge in [-0.05, 0) is 50.0 Å². The number of fused-ring (bicyclic) bond motifs is 3. The Morgan fingerprint density at radius 2 is 2.04 bits per heavy atom. The number of carbonyl (C=O) groups is 1. The van der Waals surface area contributed by atoms with Gasteiger partial charge in [0.25, 0.3) is 0 Å². The molecule has 2 heterocycles. The maximum Gasteiger partial charge on any atom is 0.376 e. The van der Waals surface area contributed by atoms with Crippen molar-refractivity contribution in [2.45, 2.75) is 69.3 Å². The summed E-state index contributed by atoms with van der Waals surface area (Å²) < 4.78 is 38.9. The van der Waals surface area contributed by atoms with E-state index in [0.717, 1.165) is 53.5 Å². The van der Waals surface area contributed by atoms with Crippen molar-refractivity contribution in [3.8, 4) is 5.88 Å². The second-order valence-electron chi connectivity index (χ2n) is 7.31. The molecule has 0 N–H and O–H groups in total. The first-order valence-corrected chi connectivity index (χ1v) is 10.2. The van der Waals surface area contributed by atoms with Gasteiger partial charge in [-0.25, -0.2) is 14.8 Å². The van der Waals surface area contributed by atoms with Crippen molar-refractivity contribution in [3.05, 3.63) is 16.8 Å². The number of hydrogen-bond acceptors (Lipinski definition) is 6. The Balaban J connectivity index is 1.67. The number of aryl methyl sites for hydroxylation is 1. The number of rotatable bonds is 5. The number of halogens is 2. The van der Waals surface area contributed by atoms with Crippen molar-refractivity contribution >= 4 is 27.5 Å². The molecule has 0 unspecified atom stereocenters. The number of carbonyl (C=O) groups excluding carboxylic acids is 1. The van der Waals surface area contributed by atoms with Gasteiger partial charge in [-0.1, -0.05) is 6.42 Å². The molecule has 1 fully saturated rings. The van der Waals surface area contributed by atoms with Gasteiger partial charge in [0.15, 0.2) is 0 Å². The molecule has 2 aliphatic rings. The van der Waals surface area contributed by atoms with Crippen molar-refractivity contribution in [1.82, 2.24) is 9.97 Å². The molecule has 2 aromatic rings. The summed E-state index contributed by atoms with van der Waals surface area (Å²) in [4.78, 5) is 21.9. The third-order valence-electron chi connectivity index (χ3n) is 5.51. The van der Waals surface area contributed by atoms with E-state index in [2.05, 4.69) is 14.7 Å². The van der Waals surface area contributed by atoms with E-state index in [1.165, 1.54) is 24.1 Å². The first-order chi connectivity index (χ1) is 13.0. The fourth-order valence-corrected chi connectivity index (χ4v) is 5.45. The minimum absolute atomic E-state index is 0.115. The highest BCUT2D eigenvalue weighted by Gasteiger charge is 2.45. The lowest BCUT2D eigenvalue weighted by Crippen LogP contribution is -2.31. The largest absolute Gasteiger partial charge is 0.474 e. The Labute approximate surface area is 160 Å². The molecule has 27 heavy (non-hydrogen) atoms. The van der Waals surface area contributed by atoms with E-state index in [9.17, 15) is 13.6 Å². The quantitative estimate of drug-likeness (QED) is 0.690. The molecule has 0 aliphatic heterocycles. The number of thiophene rings is 1. The Morgan fingerprint density at radius 3 is 2.78 bits per heavy atom. The summed E-state index contributed by atoms with van der Waals surface area (Å²) in [6.07, 6.45) is 7.79. The van der Waals surface area contributed by atoms with Crippen LogP contribution in [0.2, 0.25) is 0 Å². The van der Waals surface area contributed by atoms with Crippen LogP contribution < -0.4 is 4.74 Å². The second kappa shape index (κ2) is 7.30. The van der Waals surface area contributed by atoms with Gasteiger partial charge in [0.05, 0.1) is 12.5 Å². The fraction of sp³-hybridized carbons (Fsp3) is 0.632. The SMILES string of the molecule is COC(=O)C(F)(F)C[C@H]1CCc2sc3ncnc(OC4CCCCC4)c3c21. The molecule has 1 atom stereocenters. The smallest absolute Gasteiger partial charge is 0.376 e. The Morgan fingerprint density at radius 1 is 1.26 bits per heavy atom. The molecular formula is C19H22F2N2O3S. The van der Waals surface area contributed by atoms with Crippen molar-refractivity contribution in [3.63, 3.8) is 0 Å². The van der Waals surface area contributed by atoms with Gasteiger partial charge >= 0.3 is 11.9 Å². The lowest BCUT2D eigenvalue weighted by molar-refractivity contribution is -0.170. The van der Waals surface area contributed by atoms with Crippen LogP contribution in [0, 0.1) is 0 Å². The highest BCUT2D eigenvalue weighted by Crippen LogP contribution is 2.49. The molecular weight excluding hydrogens is 374 g/mol. The lowest BCUT2D eigenvalue weighted by atomic mass is 9.94. The monoisotopic (exact) mass is 396 g/mol. The average Bonchev–Trinajstić information content (AvgIpc) is 3.22. The van der Waals surface area contributed by atoms with Gasteiger partial charge in [-0.3, -0.25) is 0 Å². The molecule has 4 rings (SSSR count). The molecule has 146 valence electrons. The standard InChI is InChI=1S/C19H22F2N2O3S/c1-25-18(24)19(20,21)9-11-7-8-13-14(11)15-16(22-10-23-17(15)27-13)26-12-5-3-2-4-6-12/h10-12H,2-9H2,1H3/t11-/m1/s1. The average molecular weight is 396 g/mol. The lowest BCUT2D eigenvalue weighted by Gasteiger charge is -2.23. The van der Waals surface area contributed by atoms with Crippen LogP contribution in [-0.2, 0) is 16.0 Å². The number of esters is 1. The maximum atomic E-state index is 14.2. The predicted molar refractivity (Wildman–Crippen MR) is 97.6 cm³/mol. The van der Waals surface area contributed by atoms with E-state index in [4.69, 9.17) is 4.74 Å². The number of aromatic nitrogens is 2. The molecule has 0 saturated heterocycles. The zero-order valence-corrected chi connectivity index (χ0v) is 16.0. The van der Waals surface area contributed by atoms with Gasteiger partial charge in [0, 0.05) is 11.3 Å². The van der Waals surface area contributed by atoms with Crippen molar-refractivity contribution in [2.75, 3.05) is 7.11 Å². The summed E-state index contributed by atoms with van der Waals surface area (Å²) in [6, 6.07) is 0. The van der Waals surface area contributed by atoms with E-state index in [0.29, 0.717) is 18.7 Å². The molecule has 0 aromatic carbocycles. The van der Waals surface area contributed by atoms with Crippen LogP contribution in [0.5, 0.6) is 5.88 Å². The summed E-state index contributed by atoms with van der Waals surface area (Å²) in [5.74, 6) is -4.92. The van der Waals surface area contributed by atoms with E-state index < -0.39 is 24.2 Å². The van der Waals surface area contributed by atoms with Crippen LogP contribution >= 0.6 is 11.3 Å². The first kappa shape index (κ1) is 18.5. The third-order valence-corrected chi connectivity index (χ3v) is 6.69. The Bertz CT molecular complexity index is 849. The highest BCUT2D eigenvalue weighted by atomic mass is 32.1. The number of methoxy groups -OCH3 is 1. The zero-order chi connectivity index (χ0) is 19.0. The summed E-state index contributed by atoms with van der Waals surface area (Å²) in [6.45, 7) is 0. The molecule has 0 bridgehead atoms. The molecule has 0 amide bonds. The molecule has 1 saturated carbocycles. The maximum absolute atomic E-state index is 14.2. The minimum Gasteiger partial charge on any atom is -0.474 e. The van der Waals surface area contributed by atoms with Crippen LogP contribution in [0.25, 0.3) is 10.2 Å². The van der Waals surface area contributed by atoms with Gasteiger partial charge < -0.3 is 9.47 Å². The van der Waals surface area contributed by atoms with Crippen LogP contribution in [0.3, 0.4) is 0 Å². The molecule has 2 aliphatic carbocycles. The summed E-state index contributed by atoms with van der Waals surface area (Å²) in [5, 5.41) is 0.756. The third kappa shape index (κ3) is 3.51. The first-order valence-electron chi connectivity index (χ1n) is 9.38. The summed E-state index contributed by atoms with van der Waals surface area (Å²) in [7, 11) is 0.986. The van der Waals surface area contributed by atoms with E-state index >= 15 is 0 Å². The molecule has 2 aromatic heterocycles. The molecule has 8 heteroatoms. The molecule has 0 radical (unpaired) electrons. The van der Waals surface area contributed by atoms with E-state index in [-0.39, 0.29) is 6.10 Å². The molecule has 0 spiro atoms. The normalized spacial score (nSPS) is 20.6. The number of alkyl halides is 2. The van der Waals surface area contributed by atoms with Gasteiger partial charge in [-0.2, -0.15) is 8.78 Å². The predicted octanol–water partition coefficient (Wildman–Crippen LogP) is 4.63. The Hall–Kier alpha value is -1.83. The van der Waals surface area contributed by atoms with Crippen LogP contribution in [0.1, 0.15) is 61.3 Å². The van der Waals surface area contributed by atoms with E-state index in [1.54, 1.807) is 0 Å². The van der Waals surface area contributed by atoms with Gasteiger partial charge in [-0.15, -0.1) is 11.3 Å². The number of nitrogens with zero attached hydrogens (tertiary/aromatic N) is 2. The van der Waals surface area contributed by atoms with Crippen molar-refractivity contribution in [2.24, 2.45) is 0 Å². The van der Waals surface area contributed by atoms with Crippen molar-refractivity contribution < 1.29 is 23.0 Å². The topological polar surface area (TPSA) is 61.3 Å². The minimum atomic E-state index is -3.50. The summed E-state index contributed by atoms with van der Waals surface area (Å²) in [5.41, 5.74) is 0.838. The summed E-state index contributed by atoms with van der Waals surface area (Å²) >= 11 is 1.51. The number of ether oxygens (including phenoxy) is 2. The van der Waals surface area contributed by atoms with Crippen LogP contribution in [-0.4, -0.2) is 35.1 Å². The van der Waals surface area contributed by atoms with Gasteiger partial charge in [0.2, 0.25) is 5.88 Å². The highest BCUT2D eigenvalue weighted by molar-refractivity contribution is 7.19. The second-order valence-corrected chi connectivity index (χ2v) is 8.40. The van der Waals surface area contributed by atoms with Crippen LogP contribution in [0.15, 0.2) is 6.33 Å². The van der Waals surface area contributed by atoms with Gasteiger partial charge in [0.1, 0.15) is 17.3 Å². The zero-order valence-electron chi connectivity index (χ0n) is 15.2. The van der Waals surface area contributed by atoms with Crippen LogP contribution in [0.4, 0.5) is 8.78 Å². The van der Waals surface area contributed by atoms with Crippen molar-refractivity contribution in [1.29, 1.82) is 0 Å². The van der Waals surface area contributed by atoms with E-state index in [1.807, 2.05) is 0 Å². The molecule has 5 nitrogen and oxygen atoms in total. The fourth-order valence-electron chi connectivity index (χ4n) is 4.22.